The minimum Gasteiger partial charge on any atom is -0.467 e. The van der Waals surface area contributed by atoms with Gasteiger partial charge in [0.05, 0.1) is 18.4 Å². The molecule has 4 heteroatoms. The molecule has 2 rings (SSSR count). The lowest BCUT2D eigenvalue weighted by atomic mass is 10.2. The average Bonchev–Trinajstić information content (AvgIpc) is 2.96. The van der Waals surface area contributed by atoms with Crippen LogP contribution in [-0.2, 0) is 6.54 Å². The third-order valence-corrected chi connectivity index (χ3v) is 3.88. The van der Waals surface area contributed by atoms with Crippen molar-refractivity contribution in [3.63, 3.8) is 0 Å². The number of rotatable bonds is 6. The molecule has 0 radical (unpaired) electrons. The van der Waals surface area contributed by atoms with Crippen molar-refractivity contribution in [2.75, 3.05) is 5.75 Å². The summed E-state index contributed by atoms with van der Waals surface area (Å²) < 4.78 is 5.19. The third-order valence-electron chi connectivity index (χ3n) is 2.60. The molecule has 3 nitrogen and oxygen atoms in total. The molecule has 19 heavy (non-hydrogen) atoms. The predicted molar refractivity (Wildman–Crippen MR) is 77.3 cm³/mol. The Morgan fingerprint density at radius 1 is 1.26 bits per heavy atom. The fraction of sp³-hybridized carbons (Fsp3) is 0.267. The molecule has 0 unspecified atom stereocenters. The van der Waals surface area contributed by atoms with Crippen molar-refractivity contribution in [2.45, 2.75) is 24.8 Å². The summed E-state index contributed by atoms with van der Waals surface area (Å²) in [5, 5.41) is 2.87. The van der Waals surface area contributed by atoms with Crippen LogP contribution in [0.25, 0.3) is 0 Å². The summed E-state index contributed by atoms with van der Waals surface area (Å²) >= 11 is 1.71. The Morgan fingerprint density at radius 2 is 2.11 bits per heavy atom. The number of amides is 1. The van der Waals surface area contributed by atoms with Crippen molar-refractivity contribution in [3.8, 4) is 0 Å². The summed E-state index contributed by atoms with van der Waals surface area (Å²) in [5.74, 6) is 1.71. The van der Waals surface area contributed by atoms with Crippen LogP contribution in [0.5, 0.6) is 0 Å². The molecule has 0 aliphatic heterocycles. The van der Waals surface area contributed by atoms with Crippen LogP contribution in [0.2, 0.25) is 0 Å². The van der Waals surface area contributed by atoms with Gasteiger partial charge in [0.15, 0.2) is 0 Å². The zero-order chi connectivity index (χ0) is 13.5. The normalized spacial score (nSPS) is 10.4. The molecule has 1 aromatic carbocycles. The molecule has 2 aromatic rings. The Bertz CT molecular complexity index is 523. The van der Waals surface area contributed by atoms with Gasteiger partial charge in [0.1, 0.15) is 5.76 Å². The van der Waals surface area contributed by atoms with Gasteiger partial charge in [0.25, 0.3) is 5.91 Å². The highest BCUT2D eigenvalue weighted by Crippen LogP contribution is 2.23. The van der Waals surface area contributed by atoms with Gasteiger partial charge in [0.2, 0.25) is 0 Å². The summed E-state index contributed by atoms with van der Waals surface area (Å²) in [4.78, 5) is 13.2. The standard InChI is InChI=1S/C15H17NO2S/c1-2-10-19-14-8-4-3-7-13(14)15(17)16-11-12-6-5-9-18-12/h3-9H,2,10-11H2,1H3,(H,16,17). The second kappa shape index (κ2) is 7.04. The van der Waals surface area contributed by atoms with E-state index in [0.29, 0.717) is 6.54 Å². The Morgan fingerprint density at radius 3 is 2.84 bits per heavy atom. The summed E-state index contributed by atoms with van der Waals surface area (Å²) in [6, 6.07) is 11.3. The average molecular weight is 275 g/mol. The van der Waals surface area contributed by atoms with Crippen LogP contribution in [-0.4, -0.2) is 11.7 Å². The van der Waals surface area contributed by atoms with E-state index in [0.717, 1.165) is 28.4 Å². The fourth-order valence-electron chi connectivity index (χ4n) is 1.67. The van der Waals surface area contributed by atoms with E-state index in [1.807, 2.05) is 36.4 Å². The van der Waals surface area contributed by atoms with Gasteiger partial charge >= 0.3 is 0 Å². The Labute approximate surface area is 117 Å². The monoisotopic (exact) mass is 275 g/mol. The first-order valence-electron chi connectivity index (χ1n) is 6.33. The van der Waals surface area contributed by atoms with Crippen molar-refractivity contribution in [3.05, 3.63) is 54.0 Å². The van der Waals surface area contributed by atoms with Crippen LogP contribution in [0.4, 0.5) is 0 Å². The summed E-state index contributed by atoms with van der Waals surface area (Å²) in [6.45, 7) is 2.55. The fourth-order valence-corrected chi connectivity index (χ4v) is 2.58. The van der Waals surface area contributed by atoms with Crippen LogP contribution in [0, 0.1) is 0 Å². The van der Waals surface area contributed by atoms with Gasteiger partial charge in [-0.15, -0.1) is 11.8 Å². The predicted octanol–water partition coefficient (Wildman–Crippen LogP) is 3.71. The second-order valence-corrected chi connectivity index (χ2v) is 5.24. The Kier molecular flexibility index (Phi) is 5.10. The van der Waals surface area contributed by atoms with Gasteiger partial charge in [-0.3, -0.25) is 4.79 Å². The first-order chi connectivity index (χ1) is 9.31. The van der Waals surface area contributed by atoms with E-state index < -0.39 is 0 Å². The van der Waals surface area contributed by atoms with Gasteiger partial charge in [-0.1, -0.05) is 19.1 Å². The lowest BCUT2D eigenvalue weighted by molar-refractivity contribution is 0.0945. The highest BCUT2D eigenvalue weighted by molar-refractivity contribution is 7.99. The lowest BCUT2D eigenvalue weighted by Gasteiger charge is -2.08. The van der Waals surface area contributed by atoms with E-state index in [4.69, 9.17) is 4.42 Å². The zero-order valence-electron chi connectivity index (χ0n) is 10.9. The maximum Gasteiger partial charge on any atom is 0.252 e. The number of carbonyl (C=O) groups excluding carboxylic acids is 1. The van der Waals surface area contributed by atoms with Crippen molar-refractivity contribution >= 4 is 17.7 Å². The molecule has 0 aliphatic carbocycles. The van der Waals surface area contributed by atoms with Gasteiger partial charge in [-0.25, -0.2) is 0 Å². The van der Waals surface area contributed by atoms with Crippen LogP contribution < -0.4 is 5.32 Å². The molecule has 1 N–H and O–H groups in total. The van der Waals surface area contributed by atoms with Crippen molar-refractivity contribution < 1.29 is 9.21 Å². The molecule has 0 bridgehead atoms. The maximum absolute atomic E-state index is 12.2. The molecule has 0 aliphatic rings. The van der Waals surface area contributed by atoms with Crippen LogP contribution in [0.15, 0.2) is 52.0 Å². The zero-order valence-corrected chi connectivity index (χ0v) is 11.7. The van der Waals surface area contributed by atoms with Crippen LogP contribution >= 0.6 is 11.8 Å². The molecule has 1 aromatic heterocycles. The van der Waals surface area contributed by atoms with Crippen LogP contribution in [0.3, 0.4) is 0 Å². The molecule has 0 spiro atoms. The molecule has 1 heterocycles. The quantitative estimate of drug-likeness (QED) is 0.817. The van der Waals surface area contributed by atoms with E-state index >= 15 is 0 Å². The van der Waals surface area contributed by atoms with E-state index in [-0.39, 0.29) is 5.91 Å². The molecule has 0 saturated carbocycles. The minimum absolute atomic E-state index is 0.0596. The van der Waals surface area contributed by atoms with E-state index in [1.165, 1.54) is 0 Å². The molecule has 0 atom stereocenters. The Hall–Kier alpha value is -1.68. The minimum atomic E-state index is -0.0596. The second-order valence-electron chi connectivity index (χ2n) is 4.11. The van der Waals surface area contributed by atoms with Crippen molar-refractivity contribution in [1.29, 1.82) is 0 Å². The largest absolute Gasteiger partial charge is 0.467 e. The number of hydrogen-bond acceptors (Lipinski definition) is 3. The molecule has 100 valence electrons. The molecule has 0 fully saturated rings. The van der Waals surface area contributed by atoms with Crippen molar-refractivity contribution in [2.24, 2.45) is 0 Å². The highest BCUT2D eigenvalue weighted by atomic mass is 32.2. The van der Waals surface area contributed by atoms with Gasteiger partial charge in [-0.05, 0) is 36.4 Å². The SMILES string of the molecule is CCCSc1ccccc1C(=O)NCc1ccco1. The third kappa shape index (κ3) is 3.89. The van der Waals surface area contributed by atoms with Crippen LogP contribution in [0.1, 0.15) is 29.5 Å². The van der Waals surface area contributed by atoms with Gasteiger partial charge < -0.3 is 9.73 Å². The van der Waals surface area contributed by atoms with Gasteiger partial charge in [-0.2, -0.15) is 0 Å². The van der Waals surface area contributed by atoms with Crippen molar-refractivity contribution in [1.82, 2.24) is 5.32 Å². The van der Waals surface area contributed by atoms with Gasteiger partial charge in [0, 0.05) is 4.90 Å². The van der Waals surface area contributed by atoms with E-state index in [2.05, 4.69) is 12.2 Å². The number of furan rings is 1. The summed E-state index contributed by atoms with van der Waals surface area (Å²) in [5.41, 5.74) is 0.729. The topological polar surface area (TPSA) is 42.2 Å². The smallest absolute Gasteiger partial charge is 0.252 e. The Balaban J connectivity index is 2.01. The number of thioether (sulfide) groups is 1. The summed E-state index contributed by atoms with van der Waals surface area (Å²) in [7, 11) is 0. The van der Waals surface area contributed by atoms with E-state index in [9.17, 15) is 4.79 Å². The first kappa shape index (κ1) is 13.7. The number of carbonyl (C=O) groups is 1. The van der Waals surface area contributed by atoms with E-state index in [1.54, 1.807) is 18.0 Å². The number of hydrogen-bond donors (Lipinski definition) is 1. The molecular formula is C15H17NO2S. The molecule has 1 amide bonds. The first-order valence-corrected chi connectivity index (χ1v) is 7.32. The number of benzene rings is 1. The maximum atomic E-state index is 12.2. The molecular weight excluding hydrogens is 258 g/mol. The summed E-state index contributed by atoms with van der Waals surface area (Å²) in [6.07, 6.45) is 2.69. The highest BCUT2D eigenvalue weighted by Gasteiger charge is 2.11. The number of nitrogens with one attached hydrogen (secondary N) is 1. The lowest BCUT2D eigenvalue weighted by Crippen LogP contribution is -2.23. The molecule has 0 saturated heterocycles.